The molecule has 1 aliphatic rings. The highest BCUT2D eigenvalue weighted by Crippen LogP contribution is 2.48. The van der Waals surface area contributed by atoms with E-state index >= 15 is 8.78 Å². The van der Waals surface area contributed by atoms with Crippen molar-refractivity contribution in [1.29, 1.82) is 0 Å². The van der Waals surface area contributed by atoms with Gasteiger partial charge in [-0.15, -0.1) is 0 Å². The number of methoxy groups -OCH3 is 1. The molecule has 6 rings (SSSR count). The molecular weight excluding hydrogens is 600 g/mol. The second-order valence-electron chi connectivity index (χ2n) is 10.8. The number of hydrogen-bond acceptors (Lipinski definition) is 6. The molecule has 1 aliphatic carbocycles. The molecule has 7 nitrogen and oxygen atoms in total. The molecule has 3 aromatic carbocycles. The van der Waals surface area contributed by atoms with Crippen molar-refractivity contribution in [3.05, 3.63) is 106 Å². The zero-order valence-corrected chi connectivity index (χ0v) is 24.2. The van der Waals surface area contributed by atoms with Crippen LogP contribution in [0, 0.1) is 22.9 Å². The monoisotopic (exact) mass is 624 g/mol. The van der Waals surface area contributed by atoms with E-state index in [1.807, 2.05) is 0 Å². The number of hydrogen-bond donors (Lipinski definition) is 0. The molecule has 2 aromatic heterocycles. The molecule has 0 saturated heterocycles. The van der Waals surface area contributed by atoms with E-state index in [1.165, 1.54) is 31.5 Å². The molecule has 2 heterocycles. The Morgan fingerprint density at radius 3 is 2.50 bits per heavy atom. The fourth-order valence-electron chi connectivity index (χ4n) is 5.01. The number of aromatic nitrogens is 4. The average Bonchev–Trinajstić information content (AvgIpc) is 3.73. The smallest absolute Gasteiger partial charge is 0.337 e. The zero-order chi connectivity index (χ0) is 31.0. The van der Waals surface area contributed by atoms with Gasteiger partial charge < -0.3 is 14.0 Å². The number of alkyl halides is 1. The Balaban J connectivity index is 1.28. The summed E-state index contributed by atoms with van der Waals surface area (Å²) in [5.74, 6) is -2.14. The van der Waals surface area contributed by atoms with E-state index < -0.39 is 35.5 Å². The second-order valence-corrected chi connectivity index (χ2v) is 11.2. The zero-order valence-electron chi connectivity index (χ0n) is 23.4. The Morgan fingerprint density at radius 1 is 0.977 bits per heavy atom. The highest BCUT2D eigenvalue weighted by molar-refractivity contribution is 6.30. The predicted octanol–water partition coefficient (Wildman–Crippen LogP) is 7.27. The van der Waals surface area contributed by atoms with Crippen molar-refractivity contribution in [2.24, 2.45) is 5.41 Å². The van der Waals surface area contributed by atoms with Crippen LogP contribution in [-0.2, 0) is 24.3 Å². The topological polar surface area (TPSA) is 79.1 Å². The van der Waals surface area contributed by atoms with Crippen LogP contribution >= 0.6 is 11.6 Å². The van der Waals surface area contributed by atoms with Crippen LogP contribution < -0.4 is 4.74 Å². The van der Waals surface area contributed by atoms with Gasteiger partial charge in [-0.2, -0.15) is 4.98 Å². The first kappa shape index (κ1) is 29.6. The standard InChI is InChI=1S/C32H25ClF4N4O3/c1-43-30(42)18-3-5-27-28(11-18)41(17-32(16-34)7-8-32)29(39-27)12-20-10-25(37)22(14-24(20)36)26-6-9-38-31(40-26)44-15-19-2-4-21(33)13-23(19)35/h2-6,9-11,13-14H,7-8,12,15-17H2,1H3. The number of halogens is 5. The molecule has 5 aromatic rings. The minimum Gasteiger partial charge on any atom is -0.465 e. The van der Waals surface area contributed by atoms with Crippen LogP contribution in [0.1, 0.15) is 40.2 Å². The summed E-state index contributed by atoms with van der Waals surface area (Å²) in [6.07, 6.45) is 2.62. The third-order valence-corrected chi connectivity index (χ3v) is 7.98. The minimum atomic E-state index is -0.743. The maximum Gasteiger partial charge on any atom is 0.337 e. The maximum absolute atomic E-state index is 15.5. The van der Waals surface area contributed by atoms with Crippen LogP contribution in [0.2, 0.25) is 5.02 Å². The molecule has 1 saturated carbocycles. The van der Waals surface area contributed by atoms with Gasteiger partial charge in [-0.1, -0.05) is 17.7 Å². The lowest BCUT2D eigenvalue weighted by molar-refractivity contribution is 0.0601. The first-order valence-electron chi connectivity index (χ1n) is 13.7. The Kier molecular flexibility index (Phi) is 7.98. The van der Waals surface area contributed by atoms with Gasteiger partial charge in [0.2, 0.25) is 0 Å². The maximum atomic E-state index is 15.5. The first-order chi connectivity index (χ1) is 21.2. The Morgan fingerprint density at radius 2 is 1.77 bits per heavy atom. The molecular formula is C32H25ClF4N4O3. The van der Waals surface area contributed by atoms with Crippen LogP contribution in [0.5, 0.6) is 6.01 Å². The van der Waals surface area contributed by atoms with Gasteiger partial charge >= 0.3 is 12.0 Å². The highest BCUT2D eigenvalue weighted by Gasteiger charge is 2.44. The number of fused-ring (bicyclic) bond motifs is 1. The number of imidazole rings is 1. The predicted molar refractivity (Wildman–Crippen MR) is 155 cm³/mol. The normalized spacial score (nSPS) is 13.7. The number of rotatable bonds is 10. The highest BCUT2D eigenvalue weighted by atomic mass is 35.5. The lowest BCUT2D eigenvalue weighted by Gasteiger charge is -2.16. The summed E-state index contributed by atoms with van der Waals surface area (Å²) in [5.41, 5.74) is 1.05. The van der Waals surface area contributed by atoms with Gasteiger partial charge in [-0.25, -0.2) is 27.9 Å². The largest absolute Gasteiger partial charge is 0.465 e. The number of benzene rings is 3. The number of ether oxygens (including phenoxy) is 2. The Bertz CT molecular complexity index is 1890. The number of esters is 1. The third kappa shape index (κ3) is 5.96. The third-order valence-electron chi connectivity index (χ3n) is 7.75. The minimum absolute atomic E-state index is 0.0323. The van der Waals surface area contributed by atoms with Crippen molar-refractivity contribution in [2.75, 3.05) is 13.8 Å². The fraction of sp³-hybridized carbons (Fsp3) is 0.250. The number of carbonyl (C=O) groups is 1. The van der Waals surface area contributed by atoms with E-state index in [0.29, 0.717) is 35.3 Å². The summed E-state index contributed by atoms with van der Waals surface area (Å²) in [6.45, 7) is -0.445. The van der Waals surface area contributed by atoms with Crippen LogP contribution in [0.4, 0.5) is 17.6 Å². The molecule has 0 unspecified atom stereocenters. The number of carbonyl (C=O) groups excluding carboxylic acids is 1. The average molecular weight is 625 g/mol. The summed E-state index contributed by atoms with van der Waals surface area (Å²) in [7, 11) is 1.27. The Hall–Kier alpha value is -4.51. The quantitative estimate of drug-likeness (QED) is 0.120. The lowest BCUT2D eigenvalue weighted by atomic mass is 10.0. The van der Waals surface area contributed by atoms with Gasteiger partial charge in [0, 0.05) is 40.7 Å². The fourth-order valence-corrected chi connectivity index (χ4v) is 5.17. The van der Waals surface area contributed by atoms with E-state index in [0.717, 1.165) is 18.2 Å². The van der Waals surface area contributed by atoms with Gasteiger partial charge in [0.05, 0.1) is 36.1 Å². The van der Waals surface area contributed by atoms with Gasteiger partial charge in [-0.3, -0.25) is 4.39 Å². The van der Waals surface area contributed by atoms with Crippen molar-refractivity contribution in [2.45, 2.75) is 32.4 Å². The van der Waals surface area contributed by atoms with Crippen molar-refractivity contribution in [1.82, 2.24) is 19.5 Å². The molecule has 0 amide bonds. The Labute approximate surface area is 254 Å². The van der Waals surface area contributed by atoms with Gasteiger partial charge in [0.25, 0.3) is 0 Å². The van der Waals surface area contributed by atoms with Crippen LogP contribution in [0.25, 0.3) is 22.3 Å². The van der Waals surface area contributed by atoms with Crippen molar-refractivity contribution in [3.8, 4) is 17.3 Å². The summed E-state index contributed by atoms with van der Waals surface area (Å²) < 4.78 is 71.1. The molecule has 0 spiro atoms. The lowest BCUT2D eigenvalue weighted by Crippen LogP contribution is -2.16. The molecule has 0 bridgehead atoms. The second kappa shape index (κ2) is 11.9. The van der Waals surface area contributed by atoms with E-state index in [1.54, 1.807) is 22.8 Å². The SMILES string of the molecule is COC(=O)c1ccc2nc(Cc3cc(F)c(-c4ccnc(OCc5ccc(Cl)cc5F)n4)cc3F)n(CC3(CF)CC3)c2c1. The van der Waals surface area contributed by atoms with Crippen molar-refractivity contribution < 1.29 is 31.8 Å². The molecule has 0 aliphatic heterocycles. The van der Waals surface area contributed by atoms with Crippen LogP contribution in [0.15, 0.2) is 60.8 Å². The van der Waals surface area contributed by atoms with Gasteiger partial charge in [0.15, 0.2) is 0 Å². The summed E-state index contributed by atoms with van der Waals surface area (Å²) in [5, 5.41) is 0.238. The van der Waals surface area contributed by atoms with E-state index in [9.17, 15) is 13.6 Å². The molecule has 12 heteroatoms. The first-order valence-corrected chi connectivity index (χ1v) is 14.1. The number of nitrogens with zero attached hydrogens (tertiary/aromatic N) is 4. The molecule has 0 N–H and O–H groups in total. The summed E-state index contributed by atoms with van der Waals surface area (Å²) in [6, 6.07) is 12.3. The van der Waals surface area contributed by atoms with Crippen LogP contribution in [-0.4, -0.2) is 39.3 Å². The van der Waals surface area contributed by atoms with Crippen molar-refractivity contribution in [3.63, 3.8) is 0 Å². The van der Waals surface area contributed by atoms with E-state index in [-0.39, 0.29) is 53.0 Å². The van der Waals surface area contributed by atoms with Gasteiger partial charge in [0.1, 0.15) is 29.9 Å². The van der Waals surface area contributed by atoms with E-state index in [4.69, 9.17) is 21.1 Å². The van der Waals surface area contributed by atoms with Gasteiger partial charge in [-0.05, 0) is 66.9 Å². The molecule has 44 heavy (non-hydrogen) atoms. The van der Waals surface area contributed by atoms with E-state index in [2.05, 4.69) is 15.0 Å². The summed E-state index contributed by atoms with van der Waals surface area (Å²) in [4.78, 5) is 24.9. The molecule has 0 radical (unpaired) electrons. The molecule has 0 atom stereocenters. The van der Waals surface area contributed by atoms with Crippen LogP contribution in [0.3, 0.4) is 0 Å². The molecule has 226 valence electrons. The summed E-state index contributed by atoms with van der Waals surface area (Å²) >= 11 is 5.78. The molecule has 1 fully saturated rings. The van der Waals surface area contributed by atoms with Crippen molar-refractivity contribution >= 4 is 28.6 Å².